The molecule has 0 bridgehead atoms. The summed E-state index contributed by atoms with van der Waals surface area (Å²) in [5.74, 6) is 0.615. The molecule has 0 spiro atoms. The van der Waals surface area contributed by atoms with Gasteiger partial charge in [-0.1, -0.05) is 44.2 Å². The number of rotatable bonds is 5. The van der Waals surface area contributed by atoms with Gasteiger partial charge in [0, 0.05) is 18.6 Å². The third kappa shape index (κ3) is 3.69. The molecule has 18 heavy (non-hydrogen) atoms. The second-order valence-corrected chi connectivity index (χ2v) is 5.11. The van der Waals surface area contributed by atoms with E-state index in [0.29, 0.717) is 5.92 Å². The molecule has 1 nitrogen and oxygen atoms in total. The lowest BCUT2D eigenvalue weighted by Gasteiger charge is -2.03. The average molecular weight is 240 g/mol. The molecule has 0 N–H and O–H groups in total. The minimum Gasteiger partial charge on any atom is -0.205 e. The summed E-state index contributed by atoms with van der Waals surface area (Å²) in [6.07, 6.45) is 6.73. The maximum atomic E-state index is 2.27. The van der Waals surface area contributed by atoms with Crippen LogP contribution in [0.4, 0.5) is 0 Å². The Labute approximate surface area is 110 Å². The highest BCUT2D eigenvalue weighted by Gasteiger charge is 2.03. The van der Waals surface area contributed by atoms with Crippen LogP contribution in [0.5, 0.6) is 0 Å². The van der Waals surface area contributed by atoms with Gasteiger partial charge in [0.25, 0.3) is 0 Å². The first-order valence-electron chi connectivity index (χ1n) is 6.78. The smallest absolute Gasteiger partial charge is 0.169 e. The minimum absolute atomic E-state index is 0.615. The van der Waals surface area contributed by atoms with E-state index in [-0.39, 0.29) is 0 Å². The van der Waals surface area contributed by atoms with Gasteiger partial charge in [0.1, 0.15) is 6.54 Å². The van der Waals surface area contributed by atoms with Gasteiger partial charge in [0.2, 0.25) is 0 Å². The van der Waals surface area contributed by atoms with Gasteiger partial charge in [-0.05, 0) is 23.5 Å². The largest absolute Gasteiger partial charge is 0.205 e. The Bertz CT molecular complexity index is 457. The van der Waals surface area contributed by atoms with Crippen molar-refractivity contribution in [3.63, 3.8) is 0 Å². The third-order valence-corrected chi connectivity index (χ3v) is 3.31. The molecule has 0 radical (unpaired) electrons. The second kappa shape index (κ2) is 6.34. The SMILES string of the molecule is CC(C)c1cc[n+](CCCc2ccccc2)cc1. The standard InChI is InChI=1S/C17H22N/c1-15(2)17-10-13-18(14-11-17)12-6-9-16-7-4-3-5-8-16/h3-5,7-8,10-11,13-15H,6,9,12H2,1-2H3/q+1. The Kier molecular flexibility index (Phi) is 4.52. The molecule has 1 aromatic carbocycles. The van der Waals surface area contributed by atoms with Crippen LogP contribution in [0.25, 0.3) is 0 Å². The molecule has 0 saturated heterocycles. The quantitative estimate of drug-likeness (QED) is 0.701. The van der Waals surface area contributed by atoms with E-state index in [0.717, 1.165) is 13.0 Å². The molecule has 2 aromatic rings. The topological polar surface area (TPSA) is 3.88 Å². The van der Waals surface area contributed by atoms with Gasteiger partial charge in [-0.3, -0.25) is 0 Å². The molecule has 0 aliphatic rings. The first-order valence-corrected chi connectivity index (χ1v) is 6.78. The number of aromatic nitrogens is 1. The highest BCUT2D eigenvalue weighted by Crippen LogP contribution is 2.11. The Hall–Kier alpha value is -1.63. The molecule has 1 heterocycles. The minimum atomic E-state index is 0.615. The second-order valence-electron chi connectivity index (χ2n) is 5.11. The van der Waals surface area contributed by atoms with Gasteiger partial charge in [0.05, 0.1) is 0 Å². The summed E-state index contributed by atoms with van der Waals surface area (Å²) in [6.45, 7) is 5.55. The molecule has 0 aliphatic heterocycles. The fourth-order valence-electron chi connectivity index (χ4n) is 2.11. The van der Waals surface area contributed by atoms with Gasteiger partial charge in [-0.2, -0.15) is 0 Å². The van der Waals surface area contributed by atoms with Crippen LogP contribution in [0.1, 0.15) is 37.3 Å². The summed E-state index contributed by atoms with van der Waals surface area (Å²) in [6, 6.07) is 15.2. The van der Waals surface area contributed by atoms with E-state index in [4.69, 9.17) is 0 Å². The fourth-order valence-corrected chi connectivity index (χ4v) is 2.11. The van der Waals surface area contributed by atoms with Crippen molar-refractivity contribution in [2.45, 2.75) is 39.2 Å². The van der Waals surface area contributed by atoms with E-state index in [1.165, 1.54) is 17.5 Å². The lowest BCUT2D eigenvalue weighted by molar-refractivity contribution is -0.697. The molecule has 0 fully saturated rings. The monoisotopic (exact) mass is 240 g/mol. The average Bonchev–Trinajstić information content (AvgIpc) is 2.40. The lowest BCUT2D eigenvalue weighted by Crippen LogP contribution is -2.32. The lowest BCUT2D eigenvalue weighted by atomic mass is 10.1. The molecule has 0 unspecified atom stereocenters. The Morgan fingerprint density at radius 2 is 1.61 bits per heavy atom. The highest BCUT2D eigenvalue weighted by atomic mass is 14.9. The van der Waals surface area contributed by atoms with Crippen LogP contribution in [-0.2, 0) is 13.0 Å². The van der Waals surface area contributed by atoms with E-state index in [9.17, 15) is 0 Å². The molecule has 0 atom stereocenters. The predicted molar refractivity (Wildman–Crippen MR) is 75.5 cm³/mol. The molecule has 1 heteroatoms. The summed E-state index contributed by atoms with van der Waals surface area (Å²) >= 11 is 0. The highest BCUT2D eigenvalue weighted by molar-refractivity contribution is 5.14. The van der Waals surface area contributed by atoms with Crippen molar-refractivity contribution >= 4 is 0 Å². The van der Waals surface area contributed by atoms with Gasteiger partial charge in [-0.25, -0.2) is 4.57 Å². The van der Waals surface area contributed by atoms with E-state index in [2.05, 4.69) is 73.3 Å². The van der Waals surface area contributed by atoms with Crippen LogP contribution >= 0.6 is 0 Å². The summed E-state index contributed by atoms with van der Waals surface area (Å²) in [7, 11) is 0. The molecule has 0 saturated carbocycles. The summed E-state index contributed by atoms with van der Waals surface area (Å²) in [4.78, 5) is 0. The van der Waals surface area contributed by atoms with Crippen molar-refractivity contribution < 1.29 is 4.57 Å². The fraction of sp³-hybridized carbons (Fsp3) is 0.353. The van der Waals surface area contributed by atoms with Crippen molar-refractivity contribution in [3.8, 4) is 0 Å². The number of hydrogen-bond acceptors (Lipinski definition) is 0. The van der Waals surface area contributed by atoms with E-state index >= 15 is 0 Å². The Morgan fingerprint density at radius 3 is 2.22 bits per heavy atom. The van der Waals surface area contributed by atoms with Crippen LogP contribution in [0.3, 0.4) is 0 Å². The van der Waals surface area contributed by atoms with Crippen molar-refractivity contribution in [1.82, 2.24) is 0 Å². The molecular weight excluding hydrogens is 218 g/mol. The number of benzene rings is 1. The van der Waals surface area contributed by atoms with Crippen LogP contribution in [-0.4, -0.2) is 0 Å². The van der Waals surface area contributed by atoms with Gasteiger partial charge >= 0.3 is 0 Å². The zero-order valence-corrected chi connectivity index (χ0v) is 11.3. The number of aryl methyl sites for hydroxylation is 2. The van der Waals surface area contributed by atoms with Crippen molar-refractivity contribution in [2.24, 2.45) is 0 Å². The maximum Gasteiger partial charge on any atom is 0.169 e. The number of pyridine rings is 1. The van der Waals surface area contributed by atoms with Crippen LogP contribution < -0.4 is 4.57 Å². The van der Waals surface area contributed by atoms with E-state index in [1.807, 2.05) is 0 Å². The third-order valence-electron chi connectivity index (χ3n) is 3.31. The Balaban J connectivity index is 1.83. The van der Waals surface area contributed by atoms with Gasteiger partial charge < -0.3 is 0 Å². The summed E-state index contributed by atoms with van der Waals surface area (Å²) in [5.41, 5.74) is 2.84. The molecule has 2 rings (SSSR count). The van der Waals surface area contributed by atoms with Crippen molar-refractivity contribution in [1.29, 1.82) is 0 Å². The normalized spacial score (nSPS) is 10.8. The molecule has 0 aliphatic carbocycles. The Morgan fingerprint density at radius 1 is 0.944 bits per heavy atom. The zero-order chi connectivity index (χ0) is 12.8. The zero-order valence-electron chi connectivity index (χ0n) is 11.3. The van der Waals surface area contributed by atoms with Crippen molar-refractivity contribution in [2.75, 3.05) is 0 Å². The number of nitrogens with zero attached hydrogens (tertiary/aromatic N) is 1. The first kappa shape index (κ1) is 12.8. The molecule has 0 amide bonds. The van der Waals surface area contributed by atoms with Crippen LogP contribution in [0, 0.1) is 0 Å². The summed E-state index contributed by atoms with van der Waals surface area (Å²) < 4.78 is 2.27. The molecular formula is C17H22N+. The number of hydrogen-bond donors (Lipinski definition) is 0. The van der Waals surface area contributed by atoms with Crippen LogP contribution in [0.2, 0.25) is 0 Å². The van der Waals surface area contributed by atoms with E-state index < -0.39 is 0 Å². The molecule has 94 valence electrons. The van der Waals surface area contributed by atoms with Gasteiger partial charge in [-0.15, -0.1) is 0 Å². The summed E-state index contributed by atoms with van der Waals surface area (Å²) in [5, 5.41) is 0. The van der Waals surface area contributed by atoms with E-state index in [1.54, 1.807) is 0 Å². The molecule has 1 aromatic heterocycles. The van der Waals surface area contributed by atoms with Crippen molar-refractivity contribution in [3.05, 3.63) is 66.0 Å². The van der Waals surface area contributed by atoms with Gasteiger partial charge in [0.15, 0.2) is 12.4 Å². The first-order chi connectivity index (χ1) is 8.75. The van der Waals surface area contributed by atoms with Crippen LogP contribution in [0.15, 0.2) is 54.9 Å². The predicted octanol–water partition coefficient (Wildman–Crippen LogP) is 3.73. The maximum absolute atomic E-state index is 2.27.